The minimum atomic E-state index is -0.326. The summed E-state index contributed by atoms with van der Waals surface area (Å²) in [6.07, 6.45) is 4.79. The van der Waals surface area contributed by atoms with Gasteiger partial charge in [0.25, 0.3) is 5.91 Å². The summed E-state index contributed by atoms with van der Waals surface area (Å²) in [6.45, 7) is 3.27. The second kappa shape index (κ2) is 7.01. The van der Waals surface area contributed by atoms with Crippen molar-refractivity contribution in [3.8, 4) is 11.3 Å². The van der Waals surface area contributed by atoms with Gasteiger partial charge in [0.15, 0.2) is 5.82 Å². The van der Waals surface area contributed by atoms with Crippen molar-refractivity contribution in [2.24, 2.45) is 0 Å². The molecule has 1 aliphatic rings. The molecule has 0 bridgehead atoms. The van der Waals surface area contributed by atoms with Crippen molar-refractivity contribution in [2.45, 2.75) is 13.0 Å². The number of amides is 1. The Morgan fingerprint density at radius 3 is 3.08 bits per heavy atom. The number of ether oxygens (including phenoxy) is 1. The number of carbonyl (C=O) groups excluding carboxylic acids is 1. The highest BCUT2D eigenvalue weighted by Crippen LogP contribution is 2.22. The van der Waals surface area contributed by atoms with Crippen molar-refractivity contribution in [1.82, 2.24) is 30.0 Å². The average molecular weight is 350 g/mol. The summed E-state index contributed by atoms with van der Waals surface area (Å²) in [5.74, 6) is 0.483. The maximum Gasteiger partial charge on any atom is 0.272 e. The first-order valence-corrected chi connectivity index (χ1v) is 8.37. The Balaban J connectivity index is 1.50. The molecule has 132 valence electrons. The Morgan fingerprint density at radius 2 is 2.27 bits per heavy atom. The van der Waals surface area contributed by atoms with Crippen LogP contribution in [0.4, 0.5) is 0 Å². The van der Waals surface area contributed by atoms with Gasteiger partial charge in [-0.1, -0.05) is 0 Å². The molecule has 1 fully saturated rings. The molecule has 1 N–H and O–H groups in total. The maximum absolute atomic E-state index is 12.8. The topological polar surface area (TPSA) is 96.9 Å². The lowest BCUT2D eigenvalue weighted by Gasteiger charge is -2.31. The number of aromatic amines is 1. The summed E-state index contributed by atoms with van der Waals surface area (Å²) in [5.41, 5.74) is 2.86. The lowest BCUT2D eigenvalue weighted by Crippen LogP contribution is -2.42. The largest absolute Gasteiger partial charge is 0.367 e. The molecular weight excluding hydrogens is 332 g/mol. The third-order valence-electron chi connectivity index (χ3n) is 4.22. The van der Waals surface area contributed by atoms with E-state index in [9.17, 15) is 4.79 Å². The molecule has 0 aromatic carbocycles. The van der Waals surface area contributed by atoms with E-state index in [1.165, 1.54) is 0 Å². The number of nitrogens with zero attached hydrogens (tertiary/aromatic N) is 5. The molecule has 0 spiro atoms. The molecule has 1 atom stereocenters. The van der Waals surface area contributed by atoms with Gasteiger partial charge in [0.05, 0.1) is 18.8 Å². The van der Waals surface area contributed by atoms with Crippen molar-refractivity contribution in [1.29, 1.82) is 0 Å². The zero-order chi connectivity index (χ0) is 17.9. The molecule has 0 radical (unpaired) electrons. The van der Waals surface area contributed by atoms with Crippen molar-refractivity contribution >= 4 is 5.91 Å². The van der Waals surface area contributed by atoms with Crippen LogP contribution in [0, 0.1) is 6.92 Å². The number of aryl methyl sites for hydroxylation is 1. The Morgan fingerprint density at radius 1 is 1.35 bits per heavy atom. The van der Waals surface area contributed by atoms with Crippen LogP contribution in [0.25, 0.3) is 11.3 Å². The second-order valence-electron chi connectivity index (χ2n) is 6.08. The third-order valence-corrected chi connectivity index (χ3v) is 4.22. The molecular formula is C18H18N6O2. The van der Waals surface area contributed by atoms with Crippen LogP contribution in [-0.2, 0) is 4.74 Å². The second-order valence-corrected chi connectivity index (χ2v) is 6.08. The van der Waals surface area contributed by atoms with Crippen LogP contribution in [0.1, 0.15) is 28.1 Å². The molecule has 1 saturated heterocycles. The number of hydrogen-bond acceptors (Lipinski definition) is 6. The van der Waals surface area contributed by atoms with E-state index in [0.717, 1.165) is 11.3 Å². The van der Waals surface area contributed by atoms with E-state index in [1.807, 2.05) is 25.1 Å². The highest BCUT2D eigenvalue weighted by atomic mass is 16.5. The zero-order valence-electron chi connectivity index (χ0n) is 14.3. The molecule has 1 aliphatic heterocycles. The van der Waals surface area contributed by atoms with Gasteiger partial charge in [-0.2, -0.15) is 5.10 Å². The molecule has 8 heteroatoms. The number of aromatic nitrogens is 5. The fourth-order valence-corrected chi connectivity index (χ4v) is 2.88. The van der Waals surface area contributed by atoms with Gasteiger partial charge in [-0.25, -0.2) is 9.97 Å². The van der Waals surface area contributed by atoms with Gasteiger partial charge in [-0.05, 0) is 31.2 Å². The van der Waals surface area contributed by atoms with Gasteiger partial charge < -0.3 is 9.64 Å². The van der Waals surface area contributed by atoms with Crippen molar-refractivity contribution in [3.63, 3.8) is 0 Å². The van der Waals surface area contributed by atoms with Crippen LogP contribution < -0.4 is 0 Å². The first kappa shape index (κ1) is 16.3. The number of nitrogens with one attached hydrogen (secondary N) is 1. The summed E-state index contributed by atoms with van der Waals surface area (Å²) in [7, 11) is 0. The molecule has 0 saturated carbocycles. The number of pyridine rings is 1. The molecule has 8 nitrogen and oxygen atoms in total. The molecule has 3 aromatic heterocycles. The predicted octanol–water partition coefficient (Wildman–Crippen LogP) is 1.78. The highest BCUT2D eigenvalue weighted by molar-refractivity contribution is 5.93. The molecule has 3 aromatic rings. The summed E-state index contributed by atoms with van der Waals surface area (Å²) in [4.78, 5) is 27.3. The Bertz CT molecular complexity index is 911. The Hall–Kier alpha value is -3.13. The number of morpholine rings is 1. The number of carbonyl (C=O) groups is 1. The van der Waals surface area contributed by atoms with E-state index < -0.39 is 0 Å². The summed E-state index contributed by atoms with van der Waals surface area (Å²) >= 11 is 0. The van der Waals surface area contributed by atoms with Crippen LogP contribution in [0.3, 0.4) is 0 Å². The lowest BCUT2D eigenvalue weighted by atomic mass is 10.2. The fraction of sp³-hybridized carbons (Fsp3) is 0.278. The molecule has 4 rings (SSSR count). The molecule has 26 heavy (non-hydrogen) atoms. The van der Waals surface area contributed by atoms with Crippen LogP contribution in [0.15, 0.2) is 42.9 Å². The number of H-pyrrole nitrogens is 1. The third kappa shape index (κ3) is 3.31. The van der Waals surface area contributed by atoms with Gasteiger partial charge in [0.1, 0.15) is 11.8 Å². The van der Waals surface area contributed by atoms with E-state index in [4.69, 9.17) is 4.74 Å². The van der Waals surface area contributed by atoms with Gasteiger partial charge in [0.2, 0.25) is 0 Å². The molecule has 0 aliphatic carbocycles. The molecule has 1 amide bonds. The standard InChI is InChI=1S/C18H18N6O2/c1-12-4-6-20-17(21-12)16-11-24(7-8-26-16)18(25)15-9-14(22-23-15)13-3-2-5-19-10-13/h2-6,9-10,16H,7-8,11H2,1H3,(H,22,23)/t16-/m1/s1. The van der Waals surface area contributed by atoms with Crippen molar-refractivity contribution < 1.29 is 9.53 Å². The van der Waals surface area contributed by atoms with E-state index in [1.54, 1.807) is 29.6 Å². The van der Waals surface area contributed by atoms with Crippen LogP contribution >= 0.6 is 0 Å². The zero-order valence-corrected chi connectivity index (χ0v) is 14.3. The summed E-state index contributed by atoms with van der Waals surface area (Å²) < 4.78 is 5.76. The van der Waals surface area contributed by atoms with E-state index in [0.29, 0.717) is 36.9 Å². The molecule has 0 unspecified atom stereocenters. The smallest absolute Gasteiger partial charge is 0.272 e. The van der Waals surface area contributed by atoms with E-state index >= 15 is 0 Å². The first-order valence-electron chi connectivity index (χ1n) is 8.37. The van der Waals surface area contributed by atoms with E-state index in [2.05, 4.69) is 25.1 Å². The van der Waals surface area contributed by atoms with Crippen molar-refractivity contribution in [2.75, 3.05) is 19.7 Å². The number of hydrogen-bond donors (Lipinski definition) is 1. The average Bonchev–Trinajstić information content (AvgIpc) is 3.18. The lowest BCUT2D eigenvalue weighted by molar-refractivity contribution is -0.0270. The fourth-order valence-electron chi connectivity index (χ4n) is 2.88. The summed E-state index contributed by atoms with van der Waals surface area (Å²) in [5, 5.41) is 7.05. The quantitative estimate of drug-likeness (QED) is 0.773. The van der Waals surface area contributed by atoms with Gasteiger partial charge in [-0.3, -0.25) is 14.9 Å². The minimum absolute atomic E-state index is 0.117. The normalized spacial score (nSPS) is 17.3. The van der Waals surface area contributed by atoms with Gasteiger partial charge in [0, 0.05) is 36.4 Å². The van der Waals surface area contributed by atoms with Crippen LogP contribution in [-0.4, -0.2) is 55.7 Å². The van der Waals surface area contributed by atoms with Crippen molar-refractivity contribution in [3.05, 3.63) is 60.1 Å². The first-order chi connectivity index (χ1) is 12.7. The summed E-state index contributed by atoms with van der Waals surface area (Å²) in [6, 6.07) is 7.31. The highest BCUT2D eigenvalue weighted by Gasteiger charge is 2.28. The van der Waals surface area contributed by atoms with Crippen LogP contribution in [0.2, 0.25) is 0 Å². The minimum Gasteiger partial charge on any atom is -0.367 e. The monoisotopic (exact) mass is 350 g/mol. The molecule has 4 heterocycles. The SMILES string of the molecule is Cc1ccnc([C@H]2CN(C(=O)c3cc(-c4cccnc4)n[nH]3)CCO2)n1. The number of rotatable bonds is 3. The van der Waals surface area contributed by atoms with Crippen LogP contribution in [0.5, 0.6) is 0 Å². The van der Waals surface area contributed by atoms with E-state index in [-0.39, 0.29) is 12.0 Å². The van der Waals surface area contributed by atoms with Gasteiger partial charge in [-0.15, -0.1) is 0 Å². The Labute approximate surface area is 150 Å². The van der Waals surface area contributed by atoms with Gasteiger partial charge >= 0.3 is 0 Å². The Kier molecular flexibility index (Phi) is 4.40. The predicted molar refractivity (Wildman–Crippen MR) is 93.2 cm³/mol. The maximum atomic E-state index is 12.8.